The third kappa shape index (κ3) is 2.17. The van der Waals surface area contributed by atoms with E-state index in [9.17, 15) is 4.79 Å². The van der Waals surface area contributed by atoms with Gasteiger partial charge in [-0.2, -0.15) is 0 Å². The molecule has 3 nitrogen and oxygen atoms in total. The topological polar surface area (TPSA) is 35.5 Å². The van der Waals surface area contributed by atoms with Crippen LogP contribution in [0, 0.1) is 6.92 Å². The summed E-state index contributed by atoms with van der Waals surface area (Å²) in [6.45, 7) is 2.08. The van der Waals surface area contributed by atoms with Crippen LogP contribution >= 0.6 is 11.6 Å². The van der Waals surface area contributed by atoms with Gasteiger partial charge in [0.1, 0.15) is 0 Å². The van der Waals surface area contributed by atoms with Gasteiger partial charge in [-0.15, -0.1) is 0 Å². The summed E-state index contributed by atoms with van der Waals surface area (Å²) in [6, 6.07) is 10.4. The molecule has 1 aliphatic rings. The number of aryl methyl sites for hydroxylation is 1. The fraction of sp³-hybridized carbons (Fsp3) is 0.133. The number of ketones is 1. The number of hydrogen-bond donors (Lipinski definition) is 0. The van der Waals surface area contributed by atoms with E-state index in [1.54, 1.807) is 36.4 Å². The summed E-state index contributed by atoms with van der Waals surface area (Å²) in [5, 5.41) is 0.655. The average Bonchev–Trinajstić information content (AvgIpc) is 2.88. The number of hydrogen-bond acceptors (Lipinski definition) is 3. The van der Waals surface area contributed by atoms with Crippen LogP contribution < -0.4 is 9.47 Å². The van der Waals surface area contributed by atoms with Gasteiger partial charge in [0.05, 0.1) is 0 Å². The maximum Gasteiger partial charge on any atom is 0.231 e. The second kappa shape index (κ2) is 4.59. The Hall–Kier alpha value is -2.00. The van der Waals surface area contributed by atoms with Crippen LogP contribution in [-0.2, 0) is 0 Å². The molecule has 0 radical (unpaired) electrons. The molecule has 0 atom stereocenters. The van der Waals surface area contributed by atoms with Crippen molar-refractivity contribution in [3.63, 3.8) is 0 Å². The normalized spacial score (nSPS) is 12.5. The summed E-state index contributed by atoms with van der Waals surface area (Å²) in [5.41, 5.74) is 2.07. The van der Waals surface area contributed by atoms with Crippen LogP contribution in [0.4, 0.5) is 0 Å². The van der Waals surface area contributed by atoms with E-state index in [0.717, 1.165) is 5.56 Å². The first-order chi connectivity index (χ1) is 9.15. The van der Waals surface area contributed by atoms with Crippen molar-refractivity contribution in [3.8, 4) is 11.5 Å². The van der Waals surface area contributed by atoms with Gasteiger partial charge in [-0.25, -0.2) is 0 Å². The molecule has 0 saturated heterocycles. The molecule has 1 aliphatic heterocycles. The predicted octanol–water partition coefficient (Wildman–Crippen LogP) is 3.61. The van der Waals surface area contributed by atoms with Crippen molar-refractivity contribution in [1.82, 2.24) is 0 Å². The molecule has 0 N–H and O–H groups in total. The molecule has 0 amide bonds. The van der Waals surface area contributed by atoms with Gasteiger partial charge in [0.2, 0.25) is 6.79 Å². The van der Waals surface area contributed by atoms with Gasteiger partial charge >= 0.3 is 0 Å². The third-order valence-electron chi connectivity index (χ3n) is 3.05. The Balaban J connectivity index is 1.97. The fourth-order valence-electron chi connectivity index (χ4n) is 1.99. The fourth-order valence-corrected chi connectivity index (χ4v) is 2.11. The molecular weight excluding hydrogens is 264 g/mol. The zero-order valence-corrected chi connectivity index (χ0v) is 11.0. The second-order valence-electron chi connectivity index (χ2n) is 4.36. The molecule has 2 aromatic rings. The number of fused-ring (bicyclic) bond motifs is 1. The first kappa shape index (κ1) is 12.1. The summed E-state index contributed by atoms with van der Waals surface area (Å²) >= 11 is 5.96. The van der Waals surface area contributed by atoms with Crippen molar-refractivity contribution >= 4 is 17.4 Å². The minimum atomic E-state index is -0.0573. The lowest BCUT2D eigenvalue weighted by molar-refractivity contribution is 0.103. The number of benzene rings is 2. The van der Waals surface area contributed by atoms with E-state index in [2.05, 4.69) is 0 Å². The highest BCUT2D eigenvalue weighted by molar-refractivity contribution is 6.31. The van der Waals surface area contributed by atoms with Crippen molar-refractivity contribution in [2.24, 2.45) is 0 Å². The van der Waals surface area contributed by atoms with Crippen LogP contribution in [0.1, 0.15) is 21.5 Å². The Labute approximate surface area is 115 Å². The van der Waals surface area contributed by atoms with Gasteiger partial charge in [0.25, 0.3) is 0 Å². The van der Waals surface area contributed by atoms with Crippen LogP contribution in [0.25, 0.3) is 0 Å². The zero-order chi connectivity index (χ0) is 13.4. The lowest BCUT2D eigenvalue weighted by atomic mass is 10.0. The molecule has 3 rings (SSSR count). The number of rotatable bonds is 2. The molecule has 0 spiro atoms. The zero-order valence-electron chi connectivity index (χ0n) is 10.3. The number of carbonyl (C=O) groups excluding carboxylic acids is 1. The minimum absolute atomic E-state index is 0.0573. The monoisotopic (exact) mass is 274 g/mol. The highest BCUT2D eigenvalue weighted by atomic mass is 35.5. The largest absolute Gasteiger partial charge is 0.454 e. The Bertz CT molecular complexity index is 664. The molecule has 1 heterocycles. The number of carbonyl (C=O) groups is 1. The Kier molecular flexibility index (Phi) is 2.91. The van der Waals surface area contributed by atoms with Crippen LogP contribution in [0.15, 0.2) is 36.4 Å². The number of ether oxygens (including phenoxy) is 2. The standard InChI is InChI=1S/C15H11ClO3/c1-9-6-10(2-4-12(9)16)15(17)11-3-5-13-14(7-11)19-8-18-13/h2-7H,8H2,1H3. The molecule has 4 heteroatoms. The van der Waals surface area contributed by atoms with Gasteiger partial charge in [-0.05, 0) is 48.9 Å². The molecule has 0 bridgehead atoms. The Morgan fingerprint density at radius 2 is 1.74 bits per heavy atom. The molecule has 19 heavy (non-hydrogen) atoms. The Morgan fingerprint density at radius 3 is 2.53 bits per heavy atom. The van der Waals surface area contributed by atoms with Crippen LogP contribution in [0.2, 0.25) is 5.02 Å². The van der Waals surface area contributed by atoms with Gasteiger partial charge < -0.3 is 9.47 Å². The third-order valence-corrected chi connectivity index (χ3v) is 3.48. The summed E-state index contributed by atoms with van der Waals surface area (Å²) in [4.78, 5) is 12.4. The van der Waals surface area contributed by atoms with Gasteiger partial charge in [-0.1, -0.05) is 11.6 Å². The molecular formula is C15H11ClO3. The molecule has 2 aromatic carbocycles. The molecule has 96 valence electrons. The minimum Gasteiger partial charge on any atom is -0.454 e. The SMILES string of the molecule is Cc1cc(C(=O)c2ccc3c(c2)OCO3)ccc1Cl. The lowest BCUT2D eigenvalue weighted by Crippen LogP contribution is -2.01. The predicted molar refractivity (Wildman–Crippen MR) is 72.2 cm³/mol. The van der Waals surface area contributed by atoms with Gasteiger partial charge in [0.15, 0.2) is 17.3 Å². The summed E-state index contributed by atoms with van der Waals surface area (Å²) < 4.78 is 10.5. The van der Waals surface area contributed by atoms with E-state index >= 15 is 0 Å². The molecule has 0 saturated carbocycles. The van der Waals surface area contributed by atoms with E-state index < -0.39 is 0 Å². The molecule has 0 unspecified atom stereocenters. The average molecular weight is 275 g/mol. The van der Waals surface area contributed by atoms with Crippen LogP contribution in [0.5, 0.6) is 11.5 Å². The van der Waals surface area contributed by atoms with Crippen molar-refractivity contribution in [1.29, 1.82) is 0 Å². The molecule has 0 aliphatic carbocycles. The van der Waals surface area contributed by atoms with E-state index in [1.807, 2.05) is 6.92 Å². The highest BCUT2D eigenvalue weighted by Crippen LogP contribution is 2.33. The van der Waals surface area contributed by atoms with Crippen LogP contribution in [0.3, 0.4) is 0 Å². The van der Waals surface area contributed by atoms with E-state index in [-0.39, 0.29) is 12.6 Å². The molecule has 0 aromatic heterocycles. The summed E-state index contributed by atoms with van der Waals surface area (Å²) in [7, 11) is 0. The van der Waals surface area contributed by atoms with E-state index in [4.69, 9.17) is 21.1 Å². The highest BCUT2D eigenvalue weighted by Gasteiger charge is 2.17. The van der Waals surface area contributed by atoms with Crippen molar-refractivity contribution in [3.05, 3.63) is 58.1 Å². The smallest absolute Gasteiger partial charge is 0.231 e. The lowest BCUT2D eigenvalue weighted by Gasteiger charge is -2.05. The maximum absolute atomic E-state index is 12.4. The maximum atomic E-state index is 12.4. The Morgan fingerprint density at radius 1 is 1.05 bits per heavy atom. The quantitative estimate of drug-likeness (QED) is 0.785. The first-order valence-electron chi connectivity index (χ1n) is 5.85. The van der Waals surface area contributed by atoms with Crippen molar-refractivity contribution in [2.75, 3.05) is 6.79 Å². The first-order valence-corrected chi connectivity index (χ1v) is 6.23. The van der Waals surface area contributed by atoms with Crippen molar-refractivity contribution < 1.29 is 14.3 Å². The molecule has 0 fully saturated rings. The number of halogens is 1. The van der Waals surface area contributed by atoms with E-state index in [1.165, 1.54) is 0 Å². The van der Waals surface area contributed by atoms with Crippen molar-refractivity contribution in [2.45, 2.75) is 6.92 Å². The summed E-state index contributed by atoms with van der Waals surface area (Å²) in [6.07, 6.45) is 0. The van der Waals surface area contributed by atoms with Gasteiger partial charge in [0, 0.05) is 16.1 Å². The van der Waals surface area contributed by atoms with E-state index in [0.29, 0.717) is 27.6 Å². The second-order valence-corrected chi connectivity index (χ2v) is 4.77. The summed E-state index contributed by atoms with van der Waals surface area (Å²) in [5.74, 6) is 1.22. The van der Waals surface area contributed by atoms with Gasteiger partial charge in [-0.3, -0.25) is 4.79 Å². The van der Waals surface area contributed by atoms with Crippen LogP contribution in [-0.4, -0.2) is 12.6 Å².